The fourth-order valence-corrected chi connectivity index (χ4v) is 2.02. The predicted molar refractivity (Wildman–Crippen MR) is 64.8 cm³/mol. The van der Waals surface area contributed by atoms with Crippen LogP contribution < -0.4 is 5.32 Å². The predicted octanol–water partition coefficient (Wildman–Crippen LogP) is 1.48. The van der Waals surface area contributed by atoms with Crippen LogP contribution in [-0.2, 0) is 6.54 Å². The lowest BCUT2D eigenvalue weighted by atomic mass is 10.3. The summed E-state index contributed by atoms with van der Waals surface area (Å²) >= 11 is 1.34. The summed E-state index contributed by atoms with van der Waals surface area (Å²) in [6, 6.07) is 0. The average Bonchev–Trinajstić information content (AvgIpc) is 2.74. The summed E-state index contributed by atoms with van der Waals surface area (Å²) in [4.78, 5) is 24.1. The van der Waals surface area contributed by atoms with Gasteiger partial charge in [-0.05, 0) is 13.8 Å². The molecule has 0 atom stereocenters. The second kappa shape index (κ2) is 5.01. The number of amides is 1. The van der Waals surface area contributed by atoms with Gasteiger partial charge in [-0.25, -0.2) is 4.98 Å². The monoisotopic (exact) mass is 248 g/mol. The van der Waals surface area contributed by atoms with Gasteiger partial charge in [0.1, 0.15) is 0 Å². The van der Waals surface area contributed by atoms with Crippen molar-refractivity contribution in [2.45, 2.75) is 20.4 Å². The van der Waals surface area contributed by atoms with E-state index in [-0.39, 0.29) is 5.91 Å². The van der Waals surface area contributed by atoms with Crippen LogP contribution in [0.25, 0.3) is 0 Å². The molecule has 1 amide bonds. The highest BCUT2D eigenvalue weighted by atomic mass is 32.1. The maximum absolute atomic E-state index is 11.7. The molecule has 0 saturated heterocycles. The second-order valence-electron chi connectivity index (χ2n) is 3.57. The third-order valence-electron chi connectivity index (χ3n) is 2.21. The molecule has 17 heavy (non-hydrogen) atoms. The number of hydrogen-bond acceptors (Lipinski definition) is 5. The summed E-state index contributed by atoms with van der Waals surface area (Å²) < 4.78 is 0. The standard InChI is InChI=1S/C11H12N4OS/c1-7-6-17-11(15-7)10(16)14-5-9-8(2)12-3-4-13-9/h3-4,6H,5H2,1-2H3,(H,14,16). The zero-order valence-electron chi connectivity index (χ0n) is 9.60. The van der Waals surface area contributed by atoms with Crippen LogP contribution in [0.4, 0.5) is 0 Å². The van der Waals surface area contributed by atoms with Gasteiger partial charge in [0.05, 0.1) is 17.9 Å². The second-order valence-corrected chi connectivity index (χ2v) is 4.42. The fourth-order valence-electron chi connectivity index (χ4n) is 1.31. The maximum Gasteiger partial charge on any atom is 0.280 e. The normalized spacial score (nSPS) is 10.2. The molecule has 0 bridgehead atoms. The van der Waals surface area contributed by atoms with Crippen LogP contribution in [0.3, 0.4) is 0 Å². The van der Waals surface area contributed by atoms with Crippen molar-refractivity contribution in [3.8, 4) is 0 Å². The van der Waals surface area contributed by atoms with Crippen molar-refractivity contribution in [1.29, 1.82) is 0 Å². The van der Waals surface area contributed by atoms with Crippen molar-refractivity contribution in [2.75, 3.05) is 0 Å². The molecule has 0 aliphatic heterocycles. The first kappa shape index (κ1) is 11.7. The lowest BCUT2D eigenvalue weighted by Gasteiger charge is -2.04. The third kappa shape index (κ3) is 2.85. The van der Waals surface area contributed by atoms with E-state index in [1.54, 1.807) is 12.4 Å². The van der Waals surface area contributed by atoms with Crippen LogP contribution in [-0.4, -0.2) is 20.9 Å². The first-order valence-electron chi connectivity index (χ1n) is 5.13. The summed E-state index contributed by atoms with van der Waals surface area (Å²) in [6.07, 6.45) is 3.24. The number of carbonyl (C=O) groups excluding carboxylic acids is 1. The van der Waals surface area contributed by atoms with Crippen LogP contribution in [0, 0.1) is 13.8 Å². The summed E-state index contributed by atoms with van der Waals surface area (Å²) in [6.45, 7) is 4.10. The number of carbonyl (C=O) groups is 1. The van der Waals surface area contributed by atoms with E-state index in [9.17, 15) is 4.79 Å². The molecule has 2 aromatic heterocycles. The molecule has 0 fully saturated rings. The van der Waals surface area contributed by atoms with Crippen molar-refractivity contribution < 1.29 is 4.79 Å². The Morgan fingerprint density at radius 2 is 2.12 bits per heavy atom. The van der Waals surface area contributed by atoms with Gasteiger partial charge in [-0.2, -0.15) is 0 Å². The molecule has 88 valence electrons. The minimum absolute atomic E-state index is 0.173. The van der Waals surface area contributed by atoms with Gasteiger partial charge < -0.3 is 5.32 Å². The van der Waals surface area contributed by atoms with E-state index in [4.69, 9.17) is 0 Å². The molecule has 6 heteroatoms. The zero-order valence-corrected chi connectivity index (χ0v) is 10.4. The minimum atomic E-state index is -0.173. The van der Waals surface area contributed by atoms with Gasteiger partial charge in [-0.15, -0.1) is 11.3 Å². The minimum Gasteiger partial charge on any atom is -0.344 e. The lowest BCUT2D eigenvalue weighted by Crippen LogP contribution is -2.23. The van der Waals surface area contributed by atoms with Crippen LogP contribution in [0.1, 0.15) is 26.9 Å². The molecule has 0 aromatic carbocycles. The maximum atomic E-state index is 11.7. The summed E-state index contributed by atoms with van der Waals surface area (Å²) in [5, 5.41) is 5.10. The number of hydrogen-bond donors (Lipinski definition) is 1. The van der Waals surface area contributed by atoms with Gasteiger partial charge in [-0.1, -0.05) is 0 Å². The van der Waals surface area contributed by atoms with Crippen molar-refractivity contribution in [2.24, 2.45) is 0 Å². The number of rotatable bonds is 3. The molecule has 0 aliphatic carbocycles. The lowest BCUT2D eigenvalue weighted by molar-refractivity contribution is 0.0950. The topological polar surface area (TPSA) is 67.8 Å². The molecule has 0 aliphatic rings. The Kier molecular flexibility index (Phi) is 3.43. The Morgan fingerprint density at radius 3 is 2.76 bits per heavy atom. The average molecular weight is 248 g/mol. The van der Waals surface area contributed by atoms with Crippen LogP contribution in [0.15, 0.2) is 17.8 Å². The molecule has 2 rings (SSSR count). The summed E-state index contributed by atoms with van der Waals surface area (Å²) in [5.41, 5.74) is 2.45. The van der Waals surface area contributed by atoms with Crippen LogP contribution in [0.5, 0.6) is 0 Å². The number of nitrogens with one attached hydrogen (secondary N) is 1. The number of aromatic nitrogens is 3. The Morgan fingerprint density at radius 1 is 1.35 bits per heavy atom. The van der Waals surface area contributed by atoms with E-state index in [2.05, 4.69) is 20.3 Å². The fraction of sp³-hybridized carbons (Fsp3) is 0.273. The largest absolute Gasteiger partial charge is 0.344 e. The van der Waals surface area contributed by atoms with Gasteiger partial charge >= 0.3 is 0 Å². The van der Waals surface area contributed by atoms with Gasteiger partial charge in [0.15, 0.2) is 5.01 Å². The van der Waals surface area contributed by atoms with Gasteiger partial charge in [0.25, 0.3) is 5.91 Å². The van der Waals surface area contributed by atoms with E-state index in [0.717, 1.165) is 17.1 Å². The summed E-state index contributed by atoms with van der Waals surface area (Å²) in [5.74, 6) is -0.173. The molecule has 2 heterocycles. The molecule has 0 spiro atoms. The van der Waals surface area contributed by atoms with E-state index in [0.29, 0.717) is 11.6 Å². The van der Waals surface area contributed by atoms with E-state index in [1.807, 2.05) is 19.2 Å². The van der Waals surface area contributed by atoms with E-state index >= 15 is 0 Å². The quantitative estimate of drug-likeness (QED) is 0.893. The third-order valence-corrected chi connectivity index (χ3v) is 3.17. The molecule has 0 saturated carbocycles. The Hall–Kier alpha value is -1.82. The molecular formula is C11H12N4OS. The van der Waals surface area contributed by atoms with Crippen molar-refractivity contribution in [1.82, 2.24) is 20.3 Å². The van der Waals surface area contributed by atoms with Gasteiger partial charge in [0, 0.05) is 23.5 Å². The Labute approximate surface area is 103 Å². The smallest absolute Gasteiger partial charge is 0.280 e. The van der Waals surface area contributed by atoms with Gasteiger partial charge in [-0.3, -0.25) is 14.8 Å². The molecule has 2 aromatic rings. The van der Waals surface area contributed by atoms with E-state index < -0.39 is 0 Å². The first-order chi connectivity index (χ1) is 8.16. The summed E-state index contributed by atoms with van der Waals surface area (Å²) in [7, 11) is 0. The molecular weight excluding hydrogens is 236 g/mol. The number of aryl methyl sites for hydroxylation is 2. The van der Waals surface area contributed by atoms with Crippen LogP contribution >= 0.6 is 11.3 Å². The number of thiazole rings is 1. The van der Waals surface area contributed by atoms with Crippen molar-refractivity contribution in [3.05, 3.63) is 39.9 Å². The van der Waals surface area contributed by atoms with Crippen molar-refractivity contribution >= 4 is 17.2 Å². The highest BCUT2D eigenvalue weighted by Crippen LogP contribution is 2.08. The SMILES string of the molecule is Cc1csc(C(=O)NCc2nccnc2C)n1. The molecule has 0 radical (unpaired) electrons. The van der Waals surface area contributed by atoms with Gasteiger partial charge in [0.2, 0.25) is 0 Å². The molecule has 1 N–H and O–H groups in total. The Balaban J connectivity index is 1.99. The highest BCUT2D eigenvalue weighted by Gasteiger charge is 2.10. The zero-order chi connectivity index (χ0) is 12.3. The Bertz CT molecular complexity index is 538. The first-order valence-corrected chi connectivity index (χ1v) is 6.01. The van der Waals surface area contributed by atoms with Crippen molar-refractivity contribution in [3.63, 3.8) is 0 Å². The number of nitrogens with zero attached hydrogens (tertiary/aromatic N) is 3. The van der Waals surface area contributed by atoms with E-state index in [1.165, 1.54) is 11.3 Å². The molecule has 5 nitrogen and oxygen atoms in total. The molecule has 0 unspecified atom stereocenters. The van der Waals surface area contributed by atoms with Crippen LogP contribution in [0.2, 0.25) is 0 Å². The highest BCUT2D eigenvalue weighted by molar-refractivity contribution is 7.11.